The minimum Gasteiger partial charge on any atom is -0.493 e. The Morgan fingerprint density at radius 1 is 1.12 bits per heavy atom. The van der Waals surface area contributed by atoms with Crippen LogP contribution in [-0.4, -0.2) is 37.6 Å². The van der Waals surface area contributed by atoms with Gasteiger partial charge < -0.3 is 14.4 Å². The molecule has 2 aromatic rings. The molecule has 2 rings (SSSR count). The van der Waals surface area contributed by atoms with Crippen molar-refractivity contribution < 1.29 is 14.4 Å². The van der Waals surface area contributed by atoms with Crippen LogP contribution in [0.25, 0.3) is 0 Å². The van der Waals surface area contributed by atoms with Crippen molar-refractivity contribution >= 4 is 5.69 Å². The molecule has 0 aliphatic rings. The number of nitro benzene ring substituents is 1. The molecule has 6 heteroatoms. The van der Waals surface area contributed by atoms with Crippen LogP contribution in [0.1, 0.15) is 17.5 Å². The van der Waals surface area contributed by atoms with Crippen molar-refractivity contribution in [2.45, 2.75) is 19.4 Å². The van der Waals surface area contributed by atoms with Crippen LogP contribution in [0.4, 0.5) is 5.69 Å². The van der Waals surface area contributed by atoms with Gasteiger partial charge in [0.1, 0.15) is 6.61 Å². The molecule has 0 aliphatic heterocycles. The zero-order chi connectivity index (χ0) is 18.2. The topological polar surface area (TPSA) is 64.8 Å². The van der Waals surface area contributed by atoms with Gasteiger partial charge in [-0.25, -0.2) is 0 Å². The Kier molecular flexibility index (Phi) is 6.77. The van der Waals surface area contributed by atoms with E-state index >= 15 is 0 Å². The van der Waals surface area contributed by atoms with E-state index < -0.39 is 0 Å². The maximum absolute atomic E-state index is 11.4. The maximum atomic E-state index is 11.4. The zero-order valence-electron chi connectivity index (χ0n) is 14.9. The number of hydrogen-bond acceptors (Lipinski definition) is 5. The van der Waals surface area contributed by atoms with E-state index in [1.54, 1.807) is 6.07 Å². The molecule has 25 heavy (non-hydrogen) atoms. The summed E-state index contributed by atoms with van der Waals surface area (Å²) in [5.41, 5.74) is 1.76. The summed E-state index contributed by atoms with van der Waals surface area (Å²) >= 11 is 0. The van der Waals surface area contributed by atoms with Crippen LogP contribution in [0.15, 0.2) is 42.5 Å². The van der Waals surface area contributed by atoms with Crippen molar-refractivity contribution in [2.75, 3.05) is 27.7 Å². The molecule has 0 bridgehead atoms. The minimum absolute atomic E-state index is 0.0719. The van der Waals surface area contributed by atoms with Crippen molar-refractivity contribution in [2.24, 2.45) is 0 Å². The Balaban J connectivity index is 2.22. The van der Waals surface area contributed by atoms with Gasteiger partial charge in [0, 0.05) is 5.56 Å². The summed E-state index contributed by atoms with van der Waals surface area (Å²) in [7, 11) is 5.45. The van der Waals surface area contributed by atoms with Gasteiger partial charge in [0.2, 0.25) is 0 Å². The molecule has 0 spiro atoms. The molecule has 0 aromatic heterocycles. The number of methoxy groups -OCH3 is 1. The third-order valence-corrected chi connectivity index (χ3v) is 3.85. The molecule has 0 N–H and O–H groups in total. The van der Waals surface area contributed by atoms with Gasteiger partial charge in [-0.3, -0.25) is 10.1 Å². The van der Waals surface area contributed by atoms with Gasteiger partial charge in [0.25, 0.3) is 5.69 Å². The minimum atomic E-state index is -0.367. The van der Waals surface area contributed by atoms with Crippen LogP contribution >= 0.6 is 0 Å². The number of hydrogen-bond donors (Lipinski definition) is 0. The summed E-state index contributed by atoms with van der Waals surface area (Å²) in [6, 6.07) is 12.9. The molecule has 0 saturated heterocycles. The summed E-state index contributed by atoms with van der Waals surface area (Å²) in [6.07, 6.45) is 1.44. The third-order valence-electron chi connectivity index (χ3n) is 3.85. The predicted octanol–water partition coefficient (Wildman–Crippen LogP) is 3.68. The van der Waals surface area contributed by atoms with Gasteiger partial charge in [-0.2, -0.15) is 0 Å². The zero-order valence-corrected chi connectivity index (χ0v) is 14.9. The lowest BCUT2D eigenvalue weighted by atomic mass is 10.1. The highest BCUT2D eigenvalue weighted by molar-refractivity contribution is 5.54. The second-order valence-corrected chi connectivity index (χ2v) is 6.07. The molecule has 0 amide bonds. The van der Waals surface area contributed by atoms with E-state index in [1.807, 2.05) is 44.4 Å². The fourth-order valence-electron chi connectivity index (χ4n) is 2.55. The van der Waals surface area contributed by atoms with Crippen molar-refractivity contribution in [3.63, 3.8) is 0 Å². The first-order chi connectivity index (χ1) is 12.0. The Hall–Kier alpha value is -2.60. The monoisotopic (exact) mass is 344 g/mol. The number of nitro groups is 1. The first kappa shape index (κ1) is 18.7. The number of rotatable bonds is 9. The molecule has 0 unspecified atom stereocenters. The quantitative estimate of drug-likeness (QED) is 0.513. The number of aryl methyl sites for hydroxylation is 1. The van der Waals surface area contributed by atoms with Gasteiger partial charge in [0.05, 0.1) is 18.1 Å². The van der Waals surface area contributed by atoms with Gasteiger partial charge in [-0.15, -0.1) is 0 Å². The number of nitrogens with zero attached hydrogens (tertiary/aromatic N) is 2. The highest BCUT2D eigenvalue weighted by Crippen LogP contribution is 2.35. The van der Waals surface area contributed by atoms with E-state index in [1.165, 1.54) is 13.2 Å². The van der Waals surface area contributed by atoms with Crippen LogP contribution in [0.2, 0.25) is 0 Å². The van der Waals surface area contributed by atoms with E-state index in [-0.39, 0.29) is 10.6 Å². The Morgan fingerprint density at radius 2 is 1.84 bits per heavy atom. The molecule has 2 aromatic carbocycles. The third kappa shape index (κ3) is 5.46. The lowest BCUT2D eigenvalue weighted by Gasteiger charge is -2.14. The molecule has 0 aliphatic carbocycles. The van der Waals surface area contributed by atoms with E-state index in [9.17, 15) is 10.1 Å². The fraction of sp³-hybridized carbons (Fsp3) is 0.368. The maximum Gasteiger partial charge on any atom is 0.276 e. The van der Waals surface area contributed by atoms with Crippen LogP contribution in [-0.2, 0) is 13.0 Å². The highest BCUT2D eigenvalue weighted by Gasteiger charge is 2.19. The average Bonchev–Trinajstić information content (AvgIpc) is 2.60. The molecular formula is C19H24N2O4. The van der Waals surface area contributed by atoms with Crippen LogP contribution in [0, 0.1) is 10.1 Å². The Bertz CT molecular complexity index is 702. The fourth-order valence-corrected chi connectivity index (χ4v) is 2.55. The van der Waals surface area contributed by atoms with Gasteiger partial charge in [-0.1, -0.05) is 30.3 Å². The van der Waals surface area contributed by atoms with Crippen molar-refractivity contribution in [3.8, 4) is 11.5 Å². The molecular weight excluding hydrogens is 320 g/mol. The van der Waals surface area contributed by atoms with E-state index in [0.29, 0.717) is 30.1 Å². The highest BCUT2D eigenvalue weighted by atomic mass is 16.6. The van der Waals surface area contributed by atoms with Gasteiger partial charge >= 0.3 is 0 Å². The normalized spacial score (nSPS) is 10.7. The summed E-state index contributed by atoms with van der Waals surface area (Å²) < 4.78 is 11.1. The SMILES string of the molecule is COc1cc([N+](=O)[O-])c(CCCN(C)C)cc1OCc1ccccc1. The van der Waals surface area contributed by atoms with Crippen molar-refractivity contribution in [3.05, 3.63) is 63.7 Å². The lowest BCUT2D eigenvalue weighted by molar-refractivity contribution is -0.385. The average molecular weight is 344 g/mol. The first-order valence-corrected chi connectivity index (χ1v) is 8.18. The Labute approximate surface area is 148 Å². The predicted molar refractivity (Wildman–Crippen MR) is 97.3 cm³/mol. The summed E-state index contributed by atoms with van der Waals surface area (Å²) in [4.78, 5) is 13.1. The number of ether oxygens (including phenoxy) is 2. The van der Waals surface area contributed by atoms with Gasteiger partial charge in [0.15, 0.2) is 11.5 Å². The number of benzene rings is 2. The van der Waals surface area contributed by atoms with Crippen molar-refractivity contribution in [1.29, 1.82) is 0 Å². The molecule has 6 nitrogen and oxygen atoms in total. The molecule has 0 atom stereocenters. The van der Waals surface area contributed by atoms with Gasteiger partial charge in [-0.05, 0) is 45.1 Å². The Morgan fingerprint density at radius 3 is 2.44 bits per heavy atom. The molecule has 0 heterocycles. The summed E-state index contributed by atoms with van der Waals surface area (Å²) in [5, 5.41) is 11.4. The lowest BCUT2D eigenvalue weighted by Crippen LogP contribution is -2.13. The molecule has 0 fully saturated rings. The summed E-state index contributed by atoms with van der Waals surface area (Å²) in [6.45, 7) is 1.25. The second-order valence-electron chi connectivity index (χ2n) is 6.07. The standard InChI is InChI=1S/C19H24N2O4/c1-20(2)11-7-10-16-12-19(18(24-3)13-17(16)21(22)23)25-14-15-8-5-4-6-9-15/h4-6,8-9,12-13H,7,10-11,14H2,1-3H3. The summed E-state index contributed by atoms with van der Waals surface area (Å²) in [5.74, 6) is 0.899. The smallest absolute Gasteiger partial charge is 0.276 e. The van der Waals surface area contributed by atoms with E-state index in [4.69, 9.17) is 9.47 Å². The van der Waals surface area contributed by atoms with E-state index in [2.05, 4.69) is 4.90 Å². The van der Waals surface area contributed by atoms with Crippen LogP contribution in [0.5, 0.6) is 11.5 Å². The second kappa shape index (κ2) is 9.03. The molecule has 0 saturated carbocycles. The first-order valence-electron chi connectivity index (χ1n) is 8.18. The van der Waals surface area contributed by atoms with Crippen LogP contribution < -0.4 is 9.47 Å². The van der Waals surface area contributed by atoms with E-state index in [0.717, 1.165) is 18.5 Å². The van der Waals surface area contributed by atoms with Crippen LogP contribution in [0.3, 0.4) is 0 Å². The van der Waals surface area contributed by atoms with Crippen molar-refractivity contribution in [1.82, 2.24) is 4.90 Å². The molecule has 0 radical (unpaired) electrons. The largest absolute Gasteiger partial charge is 0.493 e. The molecule has 134 valence electrons.